The summed E-state index contributed by atoms with van der Waals surface area (Å²) < 4.78 is 21.5. The van der Waals surface area contributed by atoms with Crippen LogP contribution >= 0.6 is 11.3 Å². The summed E-state index contributed by atoms with van der Waals surface area (Å²) in [5.74, 6) is 0. The predicted molar refractivity (Wildman–Crippen MR) is 90.9 cm³/mol. The minimum absolute atomic E-state index is 0.368. The monoisotopic (exact) mass is 342 g/mol. The summed E-state index contributed by atoms with van der Waals surface area (Å²) in [6, 6.07) is 1.61. The number of carbonyl (C=O) groups is 1. The molecule has 1 unspecified atom stereocenters. The lowest BCUT2D eigenvalue weighted by Gasteiger charge is -2.29. The fraction of sp³-hybridized carbons (Fsp3) is 0.600. The molecular formula is C15H22N2O3S2. The van der Waals surface area contributed by atoms with Gasteiger partial charge in [-0.25, -0.2) is 9.00 Å². The SMILES string of the molecule is C[C@H](NC(=O)OC(C)(C)C)C1=NS(=O)C(C)(C)c2ccsc21. The third-order valence-electron chi connectivity index (χ3n) is 3.31. The number of hydrogen-bond acceptors (Lipinski definition) is 4. The van der Waals surface area contributed by atoms with Crippen LogP contribution in [0.1, 0.15) is 52.0 Å². The highest BCUT2D eigenvalue weighted by Gasteiger charge is 2.38. The van der Waals surface area contributed by atoms with Crippen molar-refractivity contribution in [1.29, 1.82) is 0 Å². The number of rotatable bonds is 2. The molecule has 2 atom stereocenters. The number of carbonyl (C=O) groups excluding carboxylic acids is 1. The van der Waals surface area contributed by atoms with E-state index < -0.39 is 27.4 Å². The lowest BCUT2D eigenvalue weighted by atomic mass is 9.99. The van der Waals surface area contributed by atoms with Gasteiger partial charge in [-0.2, -0.15) is 4.40 Å². The minimum atomic E-state index is -1.37. The molecule has 0 aromatic carbocycles. The van der Waals surface area contributed by atoms with Crippen LogP contribution < -0.4 is 5.32 Å². The first-order valence-corrected chi connectivity index (χ1v) is 9.09. The highest BCUT2D eigenvalue weighted by molar-refractivity contribution is 7.85. The molecule has 122 valence electrons. The van der Waals surface area contributed by atoms with Crippen LogP contribution in [-0.2, 0) is 20.5 Å². The number of amides is 1. The molecule has 1 aromatic heterocycles. The number of thiophene rings is 1. The van der Waals surface area contributed by atoms with E-state index >= 15 is 0 Å². The smallest absolute Gasteiger partial charge is 0.408 e. The summed E-state index contributed by atoms with van der Waals surface area (Å²) in [5, 5.41) is 4.73. The number of ether oxygens (including phenoxy) is 1. The molecule has 22 heavy (non-hydrogen) atoms. The first-order valence-electron chi connectivity index (χ1n) is 7.11. The van der Waals surface area contributed by atoms with E-state index in [4.69, 9.17) is 4.74 Å². The van der Waals surface area contributed by atoms with Crippen LogP contribution in [0.4, 0.5) is 4.79 Å². The molecule has 2 heterocycles. The molecule has 0 saturated carbocycles. The molecule has 0 bridgehead atoms. The Hall–Kier alpha value is -1.21. The normalized spacial score (nSPS) is 21.5. The Morgan fingerprint density at radius 1 is 1.45 bits per heavy atom. The van der Waals surface area contributed by atoms with Gasteiger partial charge in [-0.1, -0.05) is 0 Å². The Morgan fingerprint density at radius 2 is 2.09 bits per heavy atom. The maximum atomic E-state index is 12.4. The van der Waals surface area contributed by atoms with Crippen LogP contribution in [0.25, 0.3) is 0 Å². The topological polar surface area (TPSA) is 67.8 Å². The van der Waals surface area contributed by atoms with Crippen LogP contribution in [0.15, 0.2) is 15.8 Å². The third kappa shape index (κ3) is 3.41. The highest BCUT2D eigenvalue weighted by atomic mass is 32.2. The first kappa shape index (κ1) is 17.1. The zero-order valence-corrected chi connectivity index (χ0v) is 15.4. The van der Waals surface area contributed by atoms with Gasteiger partial charge in [0.15, 0.2) is 0 Å². The molecule has 1 N–H and O–H groups in total. The minimum Gasteiger partial charge on any atom is -0.444 e. The average Bonchev–Trinajstić information content (AvgIpc) is 2.81. The lowest BCUT2D eigenvalue weighted by molar-refractivity contribution is 0.0521. The second-order valence-corrected chi connectivity index (χ2v) is 9.38. The summed E-state index contributed by atoms with van der Waals surface area (Å²) in [6.07, 6.45) is -0.503. The predicted octanol–water partition coefficient (Wildman–Crippen LogP) is 3.36. The number of hydrogen-bond donors (Lipinski definition) is 1. The molecule has 0 radical (unpaired) electrons. The van der Waals surface area contributed by atoms with Crippen molar-refractivity contribution in [1.82, 2.24) is 5.32 Å². The Labute approximate surface area is 137 Å². The molecule has 0 spiro atoms. The maximum absolute atomic E-state index is 12.4. The third-order valence-corrected chi connectivity index (χ3v) is 5.70. The van der Waals surface area contributed by atoms with E-state index in [0.717, 1.165) is 10.4 Å². The quantitative estimate of drug-likeness (QED) is 0.896. The van der Waals surface area contributed by atoms with Crippen molar-refractivity contribution < 1.29 is 13.7 Å². The fourth-order valence-electron chi connectivity index (χ4n) is 2.15. The molecule has 1 aliphatic heterocycles. The van der Waals surface area contributed by atoms with E-state index in [-0.39, 0.29) is 6.04 Å². The van der Waals surface area contributed by atoms with Crippen LogP contribution in [0.5, 0.6) is 0 Å². The van der Waals surface area contributed by atoms with Crippen LogP contribution in [0.3, 0.4) is 0 Å². The second kappa shape index (κ2) is 5.77. The van der Waals surface area contributed by atoms with Crippen molar-refractivity contribution in [3.05, 3.63) is 21.9 Å². The second-order valence-electron chi connectivity index (χ2n) is 6.77. The van der Waals surface area contributed by atoms with Crippen molar-refractivity contribution in [3.8, 4) is 0 Å². The van der Waals surface area contributed by atoms with Gasteiger partial charge < -0.3 is 10.1 Å². The standard InChI is InChI=1S/C15H22N2O3S2/c1-9(16-13(18)20-14(2,3)4)11-12-10(7-8-21-12)15(5,6)22(19)17-11/h7-9H,1-6H3,(H,16,18)/t9-,22?/m0/s1. The Balaban J connectivity index is 2.23. The summed E-state index contributed by atoms with van der Waals surface area (Å²) in [5.41, 5.74) is 1.10. The number of alkyl carbamates (subject to hydrolysis) is 1. The molecule has 5 nitrogen and oxygen atoms in total. The highest BCUT2D eigenvalue weighted by Crippen LogP contribution is 2.38. The van der Waals surface area contributed by atoms with Gasteiger partial charge in [-0.05, 0) is 58.6 Å². The summed E-state index contributed by atoms with van der Waals surface area (Å²) in [4.78, 5) is 12.9. The van der Waals surface area contributed by atoms with E-state index in [0.29, 0.717) is 5.71 Å². The van der Waals surface area contributed by atoms with Crippen LogP contribution in [-0.4, -0.2) is 27.7 Å². The van der Waals surface area contributed by atoms with E-state index in [2.05, 4.69) is 9.71 Å². The van der Waals surface area contributed by atoms with E-state index in [9.17, 15) is 9.00 Å². The van der Waals surface area contributed by atoms with E-state index in [1.807, 2.05) is 53.0 Å². The maximum Gasteiger partial charge on any atom is 0.408 e. The molecule has 7 heteroatoms. The summed E-state index contributed by atoms with van der Waals surface area (Å²) in [7, 11) is -1.37. The Kier molecular flexibility index (Phi) is 4.50. The van der Waals surface area contributed by atoms with Crippen molar-refractivity contribution in [3.63, 3.8) is 0 Å². The van der Waals surface area contributed by atoms with Crippen LogP contribution in [0.2, 0.25) is 0 Å². The Bertz CT molecular complexity index is 641. The van der Waals surface area contributed by atoms with Crippen molar-refractivity contribution in [2.45, 2.75) is 57.9 Å². The van der Waals surface area contributed by atoms with E-state index in [1.54, 1.807) is 11.3 Å². The van der Waals surface area contributed by atoms with Gasteiger partial charge in [0.25, 0.3) is 0 Å². The largest absolute Gasteiger partial charge is 0.444 e. The van der Waals surface area contributed by atoms with Crippen LogP contribution in [0, 0.1) is 0 Å². The van der Waals surface area contributed by atoms with Gasteiger partial charge in [-0.3, -0.25) is 0 Å². The number of fused-ring (bicyclic) bond motifs is 1. The van der Waals surface area contributed by atoms with Gasteiger partial charge >= 0.3 is 6.09 Å². The Morgan fingerprint density at radius 3 is 2.68 bits per heavy atom. The van der Waals surface area contributed by atoms with Crippen molar-refractivity contribution in [2.75, 3.05) is 0 Å². The average molecular weight is 342 g/mol. The van der Waals surface area contributed by atoms with Gasteiger partial charge in [0.1, 0.15) is 16.6 Å². The van der Waals surface area contributed by atoms with Gasteiger partial charge in [0.05, 0.1) is 21.4 Å². The fourth-order valence-corrected chi connectivity index (χ4v) is 4.42. The first-order chi connectivity index (χ1) is 10.0. The van der Waals surface area contributed by atoms with Gasteiger partial charge in [0.2, 0.25) is 0 Å². The van der Waals surface area contributed by atoms with Crippen molar-refractivity contribution in [2.24, 2.45) is 4.40 Å². The zero-order chi connectivity index (χ0) is 16.7. The molecule has 0 aliphatic carbocycles. The molecule has 2 rings (SSSR count). The number of nitrogens with one attached hydrogen (secondary N) is 1. The van der Waals surface area contributed by atoms with E-state index in [1.165, 1.54) is 0 Å². The van der Waals surface area contributed by atoms with Gasteiger partial charge in [0, 0.05) is 0 Å². The lowest BCUT2D eigenvalue weighted by Crippen LogP contribution is -2.44. The molecule has 1 aromatic rings. The molecular weight excluding hydrogens is 320 g/mol. The van der Waals surface area contributed by atoms with Gasteiger partial charge in [-0.15, -0.1) is 11.3 Å². The number of nitrogens with zero attached hydrogens (tertiary/aromatic N) is 1. The van der Waals surface area contributed by atoms with Crippen molar-refractivity contribution >= 4 is 34.1 Å². The zero-order valence-electron chi connectivity index (χ0n) is 13.7. The molecule has 1 amide bonds. The summed E-state index contributed by atoms with van der Waals surface area (Å²) >= 11 is 1.55. The molecule has 0 fully saturated rings. The molecule has 0 saturated heterocycles. The molecule has 1 aliphatic rings. The summed E-state index contributed by atoms with van der Waals surface area (Å²) in [6.45, 7) is 11.1.